The standard InChI is InChI=1S/C10H19NO3/c1-10(2,3)14-9(13)5-4-6-11-7-8-12/h8,11H,4-7H2,1-3H3. The summed E-state index contributed by atoms with van der Waals surface area (Å²) < 4.78 is 5.11. The van der Waals surface area contributed by atoms with Crippen molar-refractivity contribution in [3.63, 3.8) is 0 Å². The number of hydrogen-bond donors (Lipinski definition) is 1. The number of carbonyl (C=O) groups is 2. The minimum atomic E-state index is -0.409. The molecule has 0 aliphatic heterocycles. The van der Waals surface area contributed by atoms with Crippen LogP contribution < -0.4 is 5.32 Å². The molecule has 4 heteroatoms. The Kier molecular flexibility index (Phi) is 6.12. The van der Waals surface area contributed by atoms with Crippen molar-refractivity contribution in [2.24, 2.45) is 0 Å². The van der Waals surface area contributed by atoms with Gasteiger partial charge < -0.3 is 14.8 Å². The van der Waals surface area contributed by atoms with Gasteiger partial charge in [-0.2, -0.15) is 0 Å². The van der Waals surface area contributed by atoms with Crippen molar-refractivity contribution in [3.8, 4) is 0 Å². The van der Waals surface area contributed by atoms with E-state index in [1.807, 2.05) is 20.8 Å². The molecule has 0 spiro atoms. The third kappa shape index (κ3) is 9.19. The molecule has 0 aromatic rings. The number of aldehydes is 1. The van der Waals surface area contributed by atoms with Crippen molar-refractivity contribution in [2.75, 3.05) is 13.1 Å². The Morgan fingerprint density at radius 3 is 2.57 bits per heavy atom. The largest absolute Gasteiger partial charge is 0.460 e. The van der Waals surface area contributed by atoms with Crippen LogP contribution in [-0.4, -0.2) is 30.9 Å². The van der Waals surface area contributed by atoms with Crippen molar-refractivity contribution >= 4 is 12.3 Å². The van der Waals surface area contributed by atoms with Gasteiger partial charge in [-0.1, -0.05) is 0 Å². The van der Waals surface area contributed by atoms with Gasteiger partial charge >= 0.3 is 5.97 Å². The summed E-state index contributed by atoms with van der Waals surface area (Å²) in [6, 6.07) is 0. The maximum atomic E-state index is 11.2. The van der Waals surface area contributed by atoms with Crippen molar-refractivity contribution < 1.29 is 14.3 Å². The maximum absolute atomic E-state index is 11.2. The summed E-state index contributed by atoms with van der Waals surface area (Å²) in [6.45, 7) is 6.53. The van der Waals surface area contributed by atoms with E-state index in [1.54, 1.807) is 0 Å². The van der Waals surface area contributed by atoms with Crippen LogP contribution in [0.25, 0.3) is 0 Å². The summed E-state index contributed by atoms with van der Waals surface area (Å²) in [5, 5.41) is 2.88. The highest BCUT2D eigenvalue weighted by atomic mass is 16.6. The summed E-state index contributed by atoms with van der Waals surface area (Å²) in [5.74, 6) is -0.189. The van der Waals surface area contributed by atoms with Gasteiger partial charge in [0.15, 0.2) is 0 Å². The fourth-order valence-electron chi connectivity index (χ4n) is 0.911. The second-order valence-corrected chi connectivity index (χ2v) is 4.06. The highest BCUT2D eigenvalue weighted by molar-refractivity contribution is 5.69. The van der Waals surface area contributed by atoms with Crippen molar-refractivity contribution in [3.05, 3.63) is 0 Å². The van der Waals surface area contributed by atoms with E-state index in [1.165, 1.54) is 0 Å². The summed E-state index contributed by atoms with van der Waals surface area (Å²) >= 11 is 0. The van der Waals surface area contributed by atoms with Crippen LogP contribution in [0.15, 0.2) is 0 Å². The zero-order chi connectivity index (χ0) is 11.0. The highest BCUT2D eigenvalue weighted by Gasteiger charge is 2.15. The lowest BCUT2D eigenvalue weighted by Crippen LogP contribution is -2.25. The number of carbonyl (C=O) groups excluding carboxylic acids is 2. The highest BCUT2D eigenvalue weighted by Crippen LogP contribution is 2.08. The molecule has 0 atom stereocenters. The SMILES string of the molecule is CC(C)(C)OC(=O)CCCNCC=O. The molecule has 1 N–H and O–H groups in total. The van der Waals surface area contributed by atoms with E-state index in [0.29, 0.717) is 25.9 Å². The number of hydrogen-bond acceptors (Lipinski definition) is 4. The Morgan fingerprint density at radius 2 is 2.07 bits per heavy atom. The summed E-state index contributed by atoms with van der Waals surface area (Å²) in [7, 11) is 0. The van der Waals surface area contributed by atoms with Gasteiger partial charge in [0.1, 0.15) is 11.9 Å². The van der Waals surface area contributed by atoms with Gasteiger partial charge in [0, 0.05) is 6.42 Å². The van der Waals surface area contributed by atoms with E-state index in [0.717, 1.165) is 6.29 Å². The molecule has 0 saturated carbocycles. The smallest absolute Gasteiger partial charge is 0.306 e. The zero-order valence-corrected chi connectivity index (χ0v) is 9.13. The molecule has 0 aliphatic carbocycles. The normalized spacial score (nSPS) is 11.1. The molecule has 0 radical (unpaired) electrons. The van der Waals surface area contributed by atoms with Crippen LogP contribution in [0.4, 0.5) is 0 Å². The van der Waals surface area contributed by atoms with Crippen LogP contribution >= 0.6 is 0 Å². The zero-order valence-electron chi connectivity index (χ0n) is 9.13. The van der Waals surface area contributed by atoms with Gasteiger partial charge in [-0.15, -0.1) is 0 Å². The minimum Gasteiger partial charge on any atom is -0.460 e. The second-order valence-electron chi connectivity index (χ2n) is 4.06. The fraction of sp³-hybridized carbons (Fsp3) is 0.800. The van der Waals surface area contributed by atoms with Crippen LogP contribution in [0, 0.1) is 0 Å². The van der Waals surface area contributed by atoms with Crippen LogP contribution in [0.5, 0.6) is 0 Å². The topological polar surface area (TPSA) is 55.4 Å². The average Bonchev–Trinajstić information content (AvgIpc) is 2.00. The molecule has 0 heterocycles. The molecule has 0 amide bonds. The third-order valence-electron chi connectivity index (χ3n) is 1.38. The first kappa shape index (κ1) is 13.1. The molecule has 0 aliphatic rings. The number of esters is 1. The van der Waals surface area contributed by atoms with E-state index in [9.17, 15) is 9.59 Å². The molecular weight excluding hydrogens is 182 g/mol. The van der Waals surface area contributed by atoms with Crippen molar-refractivity contribution in [2.45, 2.75) is 39.2 Å². The van der Waals surface area contributed by atoms with Crippen LogP contribution in [-0.2, 0) is 14.3 Å². The molecule has 0 bridgehead atoms. The number of rotatable bonds is 6. The lowest BCUT2D eigenvalue weighted by Gasteiger charge is -2.19. The molecule has 0 aromatic heterocycles. The van der Waals surface area contributed by atoms with E-state index in [4.69, 9.17) is 4.74 Å². The molecule has 0 fully saturated rings. The summed E-state index contributed by atoms with van der Waals surface area (Å²) in [6.07, 6.45) is 1.89. The maximum Gasteiger partial charge on any atom is 0.306 e. The Labute approximate surface area is 85.0 Å². The van der Waals surface area contributed by atoms with Gasteiger partial charge in [-0.05, 0) is 33.7 Å². The van der Waals surface area contributed by atoms with Gasteiger partial charge in [-0.3, -0.25) is 4.79 Å². The fourth-order valence-corrected chi connectivity index (χ4v) is 0.911. The van der Waals surface area contributed by atoms with Crippen molar-refractivity contribution in [1.29, 1.82) is 0 Å². The first-order valence-corrected chi connectivity index (χ1v) is 4.82. The Bertz CT molecular complexity index is 184. The number of nitrogens with one attached hydrogen (secondary N) is 1. The molecule has 0 unspecified atom stereocenters. The third-order valence-corrected chi connectivity index (χ3v) is 1.38. The van der Waals surface area contributed by atoms with E-state index in [-0.39, 0.29) is 5.97 Å². The Balaban J connectivity index is 3.41. The Hall–Kier alpha value is -0.900. The Morgan fingerprint density at radius 1 is 1.43 bits per heavy atom. The lowest BCUT2D eigenvalue weighted by molar-refractivity contribution is -0.154. The molecule has 14 heavy (non-hydrogen) atoms. The molecule has 4 nitrogen and oxygen atoms in total. The quantitative estimate of drug-likeness (QED) is 0.394. The molecule has 0 rings (SSSR count). The molecular formula is C10H19NO3. The second kappa shape index (κ2) is 6.54. The van der Waals surface area contributed by atoms with Gasteiger partial charge in [0.25, 0.3) is 0 Å². The van der Waals surface area contributed by atoms with E-state index in [2.05, 4.69) is 5.32 Å². The predicted octanol–water partition coefficient (Wildman–Crippen LogP) is 0.897. The van der Waals surface area contributed by atoms with Crippen LogP contribution in [0.2, 0.25) is 0 Å². The van der Waals surface area contributed by atoms with Gasteiger partial charge in [0.2, 0.25) is 0 Å². The molecule has 0 saturated heterocycles. The monoisotopic (exact) mass is 201 g/mol. The van der Waals surface area contributed by atoms with Gasteiger partial charge in [0.05, 0.1) is 6.54 Å². The lowest BCUT2D eigenvalue weighted by atomic mass is 10.2. The first-order chi connectivity index (χ1) is 6.45. The average molecular weight is 201 g/mol. The van der Waals surface area contributed by atoms with Gasteiger partial charge in [-0.25, -0.2) is 0 Å². The van der Waals surface area contributed by atoms with Crippen molar-refractivity contribution in [1.82, 2.24) is 5.32 Å². The van der Waals surface area contributed by atoms with Crippen LogP contribution in [0.3, 0.4) is 0 Å². The minimum absolute atomic E-state index is 0.189. The van der Waals surface area contributed by atoms with E-state index >= 15 is 0 Å². The molecule has 82 valence electrons. The van der Waals surface area contributed by atoms with Crippen LogP contribution in [0.1, 0.15) is 33.6 Å². The summed E-state index contributed by atoms with van der Waals surface area (Å²) in [5.41, 5.74) is -0.409. The van der Waals surface area contributed by atoms with E-state index < -0.39 is 5.60 Å². The summed E-state index contributed by atoms with van der Waals surface area (Å²) in [4.78, 5) is 21.1. The number of ether oxygens (including phenoxy) is 1. The first-order valence-electron chi connectivity index (χ1n) is 4.82. The molecule has 0 aromatic carbocycles. The predicted molar refractivity (Wildman–Crippen MR) is 54.0 cm³/mol.